The van der Waals surface area contributed by atoms with Gasteiger partial charge < -0.3 is 19.5 Å². The fourth-order valence-electron chi connectivity index (χ4n) is 5.43. The molecule has 0 bridgehead atoms. The van der Waals surface area contributed by atoms with Crippen LogP contribution >= 0.6 is 0 Å². The lowest BCUT2D eigenvalue weighted by Gasteiger charge is -2.47. The molecule has 0 radical (unpaired) electrons. The lowest BCUT2D eigenvalue weighted by molar-refractivity contribution is -0.159. The Morgan fingerprint density at radius 3 is 2.63 bits per heavy atom. The summed E-state index contributed by atoms with van der Waals surface area (Å²) in [4.78, 5) is 34.2. The molecule has 6 nitrogen and oxygen atoms in total. The number of amides is 2. The van der Waals surface area contributed by atoms with E-state index in [0.29, 0.717) is 12.2 Å². The SMILES string of the molecule is COc1cccc([C@H]2c3[nH]c4ccccc4c3C[C@H]3C(=O)N(Cc4ccc(F)cc4)CC(=O)N23)c1. The van der Waals surface area contributed by atoms with E-state index in [1.807, 2.05) is 48.5 Å². The van der Waals surface area contributed by atoms with Crippen LogP contribution in [-0.2, 0) is 22.6 Å². The van der Waals surface area contributed by atoms with Gasteiger partial charge in [-0.1, -0.05) is 42.5 Å². The molecule has 2 amide bonds. The molecule has 4 aromatic rings. The highest BCUT2D eigenvalue weighted by atomic mass is 19.1. The minimum Gasteiger partial charge on any atom is -0.497 e. The van der Waals surface area contributed by atoms with E-state index in [4.69, 9.17) is 4.74 Å². The third kappa shape index (κ3) is 3.55. The van der Waals surface area contributed by atoms with Gasteiger partial charge in [-0.2, -0.15) is 0 Å². The Morgan fingerprint density at radius 1 is 1.03 bits per heavy atom. The van der Waals surface area contributed by atoms with E-state index in [1.54, 1.807) is 29.0 Å². The molecule has 0 aliphatic carbocycles. The largest absolute Gasteiger partial charge is 0.497 e. The van der Waals surface area contributed by atoms with Gasteiger partial charge >= 0.3 is 0 Å². The number of fused-ring (bicyclic) bond motifs is 4. The molecule has 1 fully saturated rings. The number of benzene rings is 3. The summed E-state index contributed by atoms with van der Waals surface area (Å²) in [6, 6.07) is 20.7. The van der Waals surface area contributed by atoms with Crippen LogP contribution in [0.15, 0.2) is 72.8 Å². The highest BCUT2D eigenvalue weighted by Crippen LogP contribution is 2.43. The van der Waals surface area contributed by atoms with Crippen LogP contribution in [0, 0.1) is 5.82 Å². The molecule has 1 N–H and O–H groups in total. The van der Waals surface area contributed by atoms with Crippen LogP contribution in [-0.4, -0.2) is 46.3 Å². The number of nitrogens with one attached hydrogen (secondary N) is 1. The molecule has 3 heterocycles. The number of methoxy groups -OCH3 is 1. The van der Waals surface area contributed by atoms with E-state index >= 15 is 0 Å². The van der Waals surface area contributed by atoms with E-state index < -0.39 is 12.1 Å². The molecule has 35 heavy (non-hydrogen) atoms. The predicted molar refractivity (Wildman–Crippen MR) is 129 cm³/mol. The molecular formula is C28H24FN3O3. The second kappa shape index (κ2) is 8.27. The van der Waals surface area contributed by atoms with Gasteiger partial charge in [0.2, 0.25) is 11.8 Å². The zero-order valence-electron chi connectivity index (χ0n) is 19.2. The Balaban J connectivity index is 1.45. The van der Waals surface area contributed by atoms with E-state index in [1.165, 1.54) is 12.1 Å². The summed E-state index contributed by atoms with van der Waals surface area (Å²) in [7, 11) is 1.61. The molecule has 176 valence electrons. The molecule has 1 saturated heterocycles. The number of carbonyl (C=O) groups excluding carboxylic acids is 2. The van der Waals surface area contributed by atoms with Gasteiger partial charge in [-0.25, -0.2) is 4.39 Å². The number of carbonyl (C=O) groups is 2. The van der Waals surface area contributed by atoms with Crippen LogP contribution in [0.25, 0.3) is 10.9 Å². The van der Waals surface area contributed by atoms with Crippen LogP contribution in [0.5, 0.6) is 5.75 Å². The molecule has 2 aliphatic heterocycles. The topological polar surface area (TPSA) is 65.6 Å². The molecule has 7 heteroatoms. The van der Waals surface area contributed by atoms with Crippen molar-refractivity contribution in [2.24, 2.45) is 0 Å². The van der Waals surface area contributed by atoms with Gasteiger partial charge in [-0.15, -0.1) is 0 Å². The molecule has 0 unspecified atom stereocenters. The van der Waals surface area contributed by atoms with Crippen molar-refractivity contribution in [2.75, 3.05) is 13.7 Å². The Kier molecular flexibility index (Phi) is 5.06. The number of aromatic nitrogens is 1. The monoisotopic (exact) mass is 469 g/mol. The average Bonchev–Trinajstić information content (AvgIpc) is 3.25. The molecule has 6 rings (SSSR count). The number of aromatic amines is 1. The van der Waals surface area contributed by atoms with Gasteiger partial charge in [-0.3, -0.25) is 9.59 Å². The normalized spacial score (nSPS) is 19.6. The molecule has 3 aromatic carbocycles. The lowest BCUT2D eigenvalue weighted by Crippen LogP contribution is -2.62. The number of hydrogen-bond donors (Lipinski definition) is 1. The first-order valence-electron chi connectivity index (χ1n) is 11.6. The number of piperazine rings is 1. The van der Waals surface area contributed by atoms with Gasteiger partial charge in [0.05, 0.1) is 13.2 Å². The first-order chi connectivity index (χ1) is 17.0. The minimum atomic E-state index is -0.625. The zero-order chi connectivity index (χ0) is 24.1. The van der Waals surface area contributed by atoms with Crippen LogP contribution in [0.4, 0.5) is 4.39 Å². The van der Waals surface area contributed by atoms with Gasteiger partial charge in [0, 0.05) is 29.6 Å². The van der Waals surface area contributed by atoms with Crippen molar-refractivity contribution >= 4 is 22.7 Å². The average molecular weight is 470 g/mol. The summed E-state index contributed by atoms with van der Waals surface area (Å²) in [5, 5.41) is 1.06. The number of nitrogens with zero attached hydrogens (tertiary/aromatic N) is 2. The Hall–Kier alpha value is -4.13. The standard InChI is InChI=1S/C28H24FN3O3/c1-35-20-6-4-5-18(13-20)27-26-22(21-7-2-3-8-23(21)30-26)14-24-28(34)31(16-25(33)32(24)27)15-17-9-11-19(29)12-10-17/h2-13,24,27,30H,14-16H2,1H3/t24-,27-/m0/s1. The van der Waals surface area contributed by atoms with Crippen molar-refractivity contribution in [3.05, 3.63) is 101 Å². The van der Waals surface area contributed by atoms with Crippen molar-refractivity contribution < 1.29 is 18.7 Å². The highest BCUT2D eigenvalue weighted by molar-refractivity contribution is 5.97. The number of H-pyrrole nitrogens is 1. The van der Waals surface area contributed by atoms with E-state index in [0.717, 1.165) is 33.3 Å². The second-order valence-electron chi connectivity index (χ2n) is 9.08. The fraction of sp³-hybridized carbons (Fsp3) is 0.214. The second-order valence-corrected chi connectivity index (χ2v) is 9.08. The van der Waals surface area contributed by atoms with Crippen molar-refractivity contribution in [1.29, 1.82) is 0 Å². The fourth-order valence-corrected chi connectivity index (χ4v) is 5.43. The maximum absolute atomic E-state index is 13.8. The van der Waals surface area contributed by atoms with E-state index in [2.05, 4.69) is 4.98 Å². The molecule has 0 spiro atoms. The summed E-state index contributed by atoms with van der Waals surface area (Å²) in [6.45, 7) is 0.239. The van der Waals surface area contributed by atoms with Crippen LogP contribution in [0.1, 0.15) is 28.4 Å². The van der Waals surface area contributed by atoms with Crippen molar-refractivity contribution in [1.82, 2.24) is 14.8 Å². The van der Waals surface area contributed by atoms with Gasteiger partial charge in [0.15, 0.2) is 0 Å². The first kappa shape index (κ1) is 21.4. The van der Waals surface area contributed by atoms with Crippen LogP contribution in [0.3, 0.4) is 0 Å². The maximum Gasteiger partial charge on any atom is 0.246 e. The Morgan fingerprint density at radius 2 is 1.83 bits per heavy atom. The van der Waals surface area contributed by atoms with Crippen molar-refractivity contribution in [3.8, 4) is 5.75 Å². The Bertz CT molecular complexity index is 1450. The summed E-state index contributed by atoms with van der Waals surface area (Å²) >= 11 is 0. The van der Waals surface area contributed by atoms with E-state index in [-0.39, 0.29) is 30.7 Å². The number of ether oxygens (including phenoxy) is 1. The smallest absolute Gasteiger partial charge is 0.246 e. The summed E-state index contributed by atoms with van der Waals surface area (Å²) < 4.78 is 18.8. The lowest BCUT2D eigenvalue weighted by atomic mass is 9.86. The molecule has 2 aliphatic rings. The maximum atomic E-state index is 13.8. The van der Waals surface area contributed by atoms with Crippen molar-refractivity contribution in [2.45, 2.75) is 25.0 Å². The number of halogens is 1. The zero-order valence-corrected chi connectivity index (χ0v) is 19.2. The van der Waals surface area contributed by atoms with Gasteiger partial charge in [0.25, 0.3) is 0 Å². The quantitative estimate of drug-likeness (QED) is 0.487. The number of hydrogen-bond acceptors (Lipinski definition) is 3. The first-order valence-corrected chi connectivity index (χ1v) is 11.6. The van der Waals surface area contributed by atoms with Gasteiger partial charge in [0.1, 0.15) is 24.2 Å². The molecule has 1 aromatic heterocycles. The van der Waals surface area contributed by atoms with E-state index in [9.17, 15) is 14.0 Å². The minimum absolute atomic E-state index is 0.0251. The summed E-state index contributed by atoms with van der Waals surface area (Å²) in [5.41, 5.74) is 4.64. The summed E-state index contributed by atoms with van der Waals surface area (Å²) in [6.07, 6.45) is 0.435. The third-order valence-corrected chi connectivity index (χ3v) is 7.04. The number of rotatable bonds is 4. The predicted octanol–water partition coefficient (Wildman–Crippen LogP) is 4.20. The number of para-hydroxylation sites is 1. The summed E-state index contributed by atoms with van der Waals surface area (Å²) in [5.74, 6) is 0.142. The molecule has 2 atom stereocenters. The van der Waals surface area contributed by atoms with Crippen LogP contribution in [0.2, 0.25) is 0 Å². The third-order valence-electron chi connectivity index (χ3n) is 7.04. The van der Waals surface area contributed by atoms with Crippen LogP contribution < -0.4 is 4.74 Å². The Labute approximate surface area is 201 Å². The highest BCUT2D eigenvalue weighted by Gasteiger charge is 2.48. The molecular weight excluding hydrogens is 445 g/mol. The van der Waals surface area contributed by atoms with Gasteiger partial charge in [-0.05, 0) is 47.0 Å². The molecule has 0 saturated carbocycles. The van der Waals surface area contributed by atoms with Crippen molar-refractivity contribution in [3.63, 3.8) is 0 Å².